The molecule has 0 fully saturated rings. The molecular formula is C21H19N3O2. The van der Waals surface area contributed by atoms with Gasteiger partial charge in [0.1, 0.15) is 12.4 Å². The van der Waals surface area contributed by atoms with Crippen molar-refractivity contribution in [1.29, 1.82) is 0 Å². The molecule has 0 bridgehead atoms. The highest BCUT2D eigenvalue weighted by Gasteiger charge is 2.15. The highest BCUT2D eigenvalue weighted by molar-refractivity contribution is 5.78. The van der Waals surface area contributed by atoms with Gasteiger partial charge in [-0.1, -0.05) is 24.3 Å². The maximum atomic E-state index is 9.30. The summed E-state index contributed by atoms with van der Waals surface area (Å²) in [5.74, 6) is 0. The molecule has 0 spiro atoms. The highest BCUT2D eigenvalue weighted by Crippen LogP contribution is 2.27. The van der Waals surface area contributed by atoms with Gasteiger partial charge in [0.15, 0.2) is 0 Å². The van der Waals surface area contributed by atoms with Crippen LogP contribution in [0, 0.1) is 0 Å². The van der Waals surface area contributed by atoms with Gasteiger partial charge in [-0.2, -0.15) is 0 Å². The Morgan fingerprint density at radius 2 is 1.96 bits per heavy atom. The number of aromatic nitrogens is 3. The number of hydrogen-bond donors (Lipinski definition) is 1. The molecule has 2 aromatic carbocycles. The van der Waals surface area contributed by atoms with Gasteiger partial charge in [-0.05, 0) is 41.5 Å². The summed E-state index contributed by atoms with van der Waals surface area (Å²) in [7, 11) is 1.70. The van der Waals surface area contributed by atoms with Gasteiger partial charge in [0.05, 0.1) is 17.6 Å². The number of aliphatic hydroxyl groups excluding tert-OH is 1. The Labute approximate surface area is 151 Å². The molecule has 2 heterocycles. The monoisotopic (exact) mass is 345 g/mol. The van der Waals surface area contributed by atoms with Gasteiger partial charge in [0.2, 0.25) is 0 Å². The second-order valence-electron chi connectivity index (χ2n) is 6.09. The van der Waals surface area contributed by atoms with Crippen LogP contribution in [0.15, 0.2) is 73.3 Å². The average molecular weight is 345 g/mol. The molecule has 5 nitrogen and oxygen atoms in total. The van der Waals surface area contributed by atoms with Gasteiger partial charge in [-0.15, -0.1) is 0 Å². The van der Waals surface area contributed by atoms with Crippen LogP contribution in [-0.2, 0) is 11.3 Å². The van der Waals surface area contributed by atoms with Crippen LogP contribution in [0.1, 0.15) is 22.8 Å². The Morgan fingerprint density at radius 3 is 2.73 bits per heavy atom. The third-order valence-corrected chi connectivity index (χ3v) is 4.47. The molecule has 2 aromatic heterocycles. The topological polar surface area (TPSA) is 60.2 Å². The summed E-state index contributed by atoms with van der Waals surface area (Å²) >= 11 is 0. The largest absolute Gasteiger partial charge is 0.392 e. The van der Waals surface area contributed by atoms with E-state index in [1.165, 1.54) is 0 Å². The van der Waals surface area contributed by atoms with Crippen LogP contribution >= 0.6 is 0 Å². The number of pyridine rings is 1. The molecule has 1 N–H and O–H groups in total. The molecule has 4 rings (SSSR count). The summed E-state index contributed by atoms with van der Waals surface area (Å²) in [6, 6.07) is 17.9. The van der Waals surface area contributed by atoms with Crippen molar-refractivity contribution in [2.45, 2.75) is 12.7 Å². The molecular weight excluding hydrogens is 326 g/mol. The van der Waals surface area contributed by atoms with Crippen molar-refractivity contribution in [2.75, 3.05) is 7.11 Å². The van der Waals surface area contributed by atoms with Crippen molar-refractivity contribution >= 4 is 11.0 Å². The van der Waals surface area contributed by atoms with E-state index in [0.29, 0.717) is 0 Å². The molecule has 0 aliphatic heterocycles. The standard InChI is InChI=1S/C21H19N3O2/c1-26-21(17-5-3-9-22-12-17)16-4-2-6-18(11-16)24-14-23-19-10-15(13-25)7-8-20(19)24/h2-12,14,21,25H,13H2,1H3. The first-order chi connectivity index (χ1) is 12.8. The number of rotatable bonds is 5. The van der Waals surface area contributed by atoms with Crippen LogP contribution in [-0.4, -0.2) is 26.8 Å². The molecule has 0 aliphatic rings. The zero-order chi connectivity index (χ0) is 17.9. The molecule has 0 amide bonds. The van der Waals surface area contributed by atoms with Gasteiger partial charge in [-0.3, -0.25) is 9.55 Å². The molecule has 1 atom stereocenters. The molecule has 1 unspecified atom stereocenters. The number of hydrogen-bond acceptors (Lipinski definition) is 4. The van der Waals surface area contributed by atoms with Crippen molar-refractivity contribution in [1.82, 2.24) is 14.5 Å². The SMILES string of the molecule is COC(c1cccnc1)c1cccc(-n2cnc3cc(CO)ccc32)c1. The summed E-state index contributed by atoms with van der Waals surface area (Å²) in [6.07, 6.45) is 5.20. The lowest BCUT2D eigenvalue weighted by Crippen LogP contribution is -2.05. The number of nitrogens with zero attached hydrogens (tertiary/aromatic N) is 3. The van der Waals surface area contributed by atoms with Crippen molar-refractivity contribution in [2.24, 2.45) is 0 Å². The quantitative estimate of drug-likeness (QED) is 0.600. The molecule has 4 aromatic rings. The summed E-state index contributed by atoms with van der Waals surface area (Å²) in [6.45, 7) is 0.0128. The molecule has 130 valence electrons. The third kappa shape index (κ3) is 2.98. The van der Waals surface area contributed by atoms with E-state index in [9.17, 15) is 5.11 Å². The van der Waals surface area contributed by atoms with Gasteiger partial charge < -0.3 is 9.84 Å². The Kier molecular flexibility index (Phi) is 4.48. The van der Waals surface area contributed by atoms with Crippen molar-refractivity contribution in [3.8, 4) is 5.69 Å². The normalized spacial score (nSPS) is 12.4. The van der Waals surface area contributed by atoms with E-state index in [1.54, 1.807) is 19.6 Å². The number of fused-ring (bicyclic) bond motifs is 1. The first-order valence-corrected chi connectivity index (χ1v) is 8.40. The minimum Gasteiger partial charge on any atom is -0.392 e. The summed E-state index contributed by atoms with van der Waals surface area (Å²) in [4.78, 5) is 8.66. The summed E-state index contributed by atoms with van der Waals surface area (Å²) < 4.78 is 7.76. The first kappa shape index (κ1) is 16.4. The number of aliphatic hydroxyl groups is 1. The van der Waals surface area contributed by atoms with Crippen molar-refractivity contribution < 1.29 is 9.84 Å². The maximum Gasteiger partial charge on any atom is 0.109 e. The van der Waals surface area contributed by atoms with E-state index < -0.39 is 0 Å². The predicted octanol–water partition coefficient (Wildman–Crippen LogP) is 3.65. The van der Waals surface area contributed by atoms with Gasteiger partial charge in [0, 0.05) is 30.8 Å². The van der Waals surface area contributed by atoms with Crippen LogP contribution in [0.4, 0.5) is 0 Å². The Bertz CT molecular complexity index is 1030. The predicted molar refractivity (Wildman–Crippen MR) is 100 cm³/mol. The van der Waals surface area contributed by atoms with E-state index >= 15 is 0 Å². The van der Waals surface area contributed by atoms with E-state index in [2.05, 4.69) is 16.0 Å². The maximum absolute atomic E-state index is 9.30. The minimum absolute atomic E-state index is 0.0128. The zero-order valence-corrected chi connectivity index (χ0v) is 14.4. The summed E-state index contributed by atoms with van der Waals surface area (Å²) in [5, 5.41) is 9.30. The molecule has 5 heteroatoms. The second-order valence-corrected chi connectivity index (χ2v) is 6.09. The van der Waals surface area contributed by atoms with Gasteiger partial charge in [0.25, 0.3) is 0 Å². The molecule has 0 saturated heterocycles. The Hall–Kier alpha value is -3.02. The number of benzene rings is 2. The van der Waals surface area contributed by atoms with E-state index in [1.807, 2.05) is 59.3 Å². The zero-order valence-electron chi connectivity index (χ0n) is 14.4. The Morgan fingerprint density at radius 1 is 1.08 bits per heavy atom. The highest BCUT2D eigenvalue weighted by atomic mass is 16.5. The minimum atomic E-state index is -0.181. The van der Waals surface area contributed by atoms with Gasteiger partial charge >= 0.3 is 0 Å². The first-order valence-electron chi connectivity index (χ1n) is 8.40. The lowest BCUT2D eigenvalue weighted by atomic mass is 10.0. The van der Waals surface area contributed by atoms with E-state index in [4.69, 9.17) is 4.74 Å². The van der Waals surface area contributed by atoms with E-state index in [0.717, 1.165) is 33.4 Å². The fraction of sp³-hybridized carbons (Fsp3) is 0.143. The fourth-order valence-electron chi connectivity index (χ4n) is 3.20. The van der Waals surface area contributed by atoms with Crippen LogP contribution in [0.25, 0.3) is 16.7 Å². The van der Waals surface area contributed by atoms with Crippen molar-refractivity contribution in [3.05, 3.63) is 90.0 Å². The molecule has 0 radical (unpaired) electrons. The van der Waals surface area contributed by atoms with Crippen LogP contribution in [0.5, 0.6) is 0 Å². The average Bonchev–Trinajstić information content (AvgIpc) is 3.13. The smallest absolute Gasteiger partial charge is 0.109 e. The second kappa shape index (κ2) is 7.07. The molecule has 0 saturated carbocycles. The molecule has 0 aliphatic carbocycles. The Balaban J connectivity index is 1.76. The van der Waals surface area contributed by atoms with E-state index in [-0.39, 0.29) is 12.7 Å². The van der Waals surface area contributed by atoms with Crippen molar-refractivity contribution in [3.63, 3.8) is 0 Å². The fourth-order valence-corrected chi connectivity index (χ4v) is 3.20. The third-order valence-electron chi connectivity index (χ3n) is 4.47. The summed E-state index contributed by atoms with van der Waals surface area (Å²) in [5.41, 5.74) is 5.77. The lowest BCUT2D eigenvalue weighted by Gasteiger charge is -2.17. The van der Waals surface area contributed by atoms with Gasteiger partial charge in [-0.25, -0.2) is 4.98 Å². The number of imidazole rings is 1. The van der Waals surface area contributed by atoms with Crippen LogP contribution in [0.2, 0.25) is 0 Å². The number of methoxy groups -OCH3 is 1. The molecule has 26 heavy (non-hydrogen) atoms. The van der Waals surface area contributed by atoms with Crippen LogP contribution < -0.4 is 0 Å². The lowest BCUT2D eigenvalue weighted by molar-refractivity contribution is 0.136. The van der Waals surface area contributed by atoms with Crippen LogP contribution in [0.3, 0.4) is 0 Å². The number of ether oxygens (including phenoxy) is 1.